The molecule has 2 amide bonds. The number of rotatable bonds is 15. The van der Waals surface area contributed by atoms with Gasteiger partial charge in [-0.2, -0.15) is 0 Å². The Balaban J connectivity index is 1.61. The van der Waals surface area contributed by atoms with Crippen molar-refractivity contribution >= 4 is 29.5 Å². The number of carbonyl (C=O) groups excluding carboxylic acids is 3. The van der Waals surface area contributed by atoms with Crippen molar-refractivity contribution in [3.8, 4) is 0 Å². The lowest BCUT2D eigenvalue weighted by molar-refractivity contribution is -0.155. The Labute approximate surface area is 243 Å². The van der Waals surface area contributed by atoms with Crippen LogP contribution in [0.15, 0.2) is 25.3 Å². The van der Waals surface area contributed by atoms with E-state index in [1.54, 1.807) is 27.6 Å². The predicted molar refractivity (Wildman–Crippen MR) is 156 cm³/mol. The average Bonchev–Trinajstić information content (AvgIpc) is 3.59. The maximum Gasteiger partial charge on any atom is 0.310 e. The van der Waals surface area contributed by atoms with Crippen LogP contribution in [0, 0.1) is 17.8 Å². The van der Waals surface area contributed by atoms with Gasteiger partial charge in [0.15, 0.2) is 0 Å². The van der Waals surface area contributed by atoms with Crippen LogP contribution in [0.1, 0.15) is 46.0 Å². The molecule has 1 N–H and O–H groups in total. The molecule has 0 saturated carbocycles. The van der Waals surface area contributed by atoms with Crippen LogP contribution in [0.25, 0.3) is 0 Å². The van der Waals surface area contributed by atoms with Crippen molar-refractivity contribution in [2.75, 3.05) is 59.2 Å². The molecule has 4 rings (SSSR count). The number of fused-ring (bicyclic) bond motifs is 1. The van der Waals surface area contributed by atoms with Gasteiger partial charge < -0.3 is 24.4 Å². The summed E-state index contributed by atoms with van der Waals surface area (Å²) < 4.78 is 10.5. The number of unbranched alkanes of at least 4 members (excludes halogenated alkanes) is 2. The summed E-state index contributed by atoms with van der Waals surface area (Å²) in [5, 5.41) is 10.4. The van der Waals surface area contributed by atoms with Gasteiger partial charge in [0, 0.05) is 38.0 Å². The summed E-state index contributed by atoms with van der Waals surface area (Å²) in [6.07, 6.45) is 7.55. The lowest BCUT2D eigenvalue weighted by atomic mass is 9.71. The number of hydrogen-bond donors (Lipinski definition) is 1. The number of thioether (sulfide) groups is 1. The van der Waals surface area contributed by atoms with Gasteiger partial charge in [-0.1, -0.05) is 26.0 Å². The summed E-state index contributed by atoms with van der Waals surface area (Å²) in [7, 11) is 0. The van der Waals surface area contributed by atoms with E-state index >= 15 is 0 Å². The summed E-state index contributed by atoms with van der Waals surface area (Å²) in [6.45, 7) is 16.2. The Hall–Kier alpha value is -1.88. The molecule has 40 heavy (non-hydrogen) atoms. The van der Waals surface area contributed by atoms with Crippen LogP contribution in [0.3, 0.4) is 0 Å². The van der Waals surface area contributed by atoms with Crippen LogP contribution < -0.4 is 0 Å². The van der Waals surface area contributed by atoms with Crippen LogP contribution in [0.2, 0.25) is 0 Å². The van der Waals surface area contributed by atoms with Gasteiger partial charge in [0.1, 0.15) is 6.04 Å². The number of nitrogens with zero attached hydrogens (tertiary/aromatic N) is 3. The lowest BCUT2D eigenvalue weighted by Gasteiger charge is -2.41. The van der Waals surface area contributed by atoms with Gasteiger partial charge in [0.05, 0.1) is 49.1 Å². The molecular weight excluding hydrogens is 530 g/mol. The van der Waals surface area contributed by atoms with Crippen molar-refractivity contribution in [1.29, 1.82) is 0 Å². The van der Waals surface area contributed by atoms with Crippen molar-refractivity contribution in [2.45, 2.75) is 68.0 Å². The third-order valence-corrected chi connectivity index (χ3v) is 11.0. The third-order valence-electron chi connectivity index (χ3n) is 9.06. The number of hydrogen-bond acceptors (Lipinski definition) is 8. The van der Waals surface area contributed by atoms with E-state index in [0.29, 0.717) is 45.9 Å². The van der Waals surface area contributed by atoms with Gasteiger partial charge in [-0.3, -0.25) is 19.3 Å². The fourth-order valence-electron chi connectivity index (χ4n) is 6.98. The molecule has 6 atom stereocenters. The molecule has 4 aliphatic heterocycles. The Morgan fingerprint density at radius 1 is 1.25 bits per heavy atom. The summed E-state index contributed by atoms with van der Waals surface area (Å²) in [4.78, 5) is 47.9. The van der Waals surface area contributed by atoms with Crippen molar-refractivity contribution < 1.29 is 29.0 Å². The molecule has 4 fully saturated rings. The van der Waals surface area contributed by atoms with E-state index in [4.69, 9.17) is 9.47 Å². The molecular formula is C30H47N3O6S. The van der Waals surface area contributed by atoms with E-state index < -0.39 is 28.7 Å². The second-order valence-electron chi connectivity index (χ2n) is 11.8. The molecule has 0 aromatic rings. The Morgan fingerprint density at radius 2 is 2.00 bits per heavy atom. The first-order chi connectivity index (χ1) is 19.3. The molecule has 224 valence electrons. The molecule has 1 spiro atoms. The zero-order chi connectivity index (χ0) is 28.9. The average molecular weight is 578 g/mol. The molecule has 4 aliphatic rings. The molecule has 4 saturated heterocycles. The summed E-state index contributed by atoms with van der Waals surface area (Å²) >= 11 is 1.64. The SMILES string of the molecule is C=CCCCCOC(=O)[C@@H]1[C@@H]2CCC3(S2)C(C(=O)N(CC=C)CCN2CCOCC2)N([C@@H](CO)C(C)C)C(=O)[C@H]13. The Morgan fingerprint density at radius 3 is 2.65 bits per heavy atom. The number of esters is 1. The molecule has 4 heterocycles. The number of aliphatic hydroxyl groups excluding tert-OH is 1. The van der Waals surface area contributed by atoms with E-state index in [-0.39, 0.29) is 35.6 Å². The number of morpholine rings is 1. The molecule has 2 unspecified atom stereocenters. The fraction of sp³-hybridized carbons (Fsp3) is 0.767. The van der Waals surface area contributed by atoms with Gasteiger partial charge in [0.25, 0.3) is 0 Å². The zero-order valence-electron chi connectivity index (χ0n) is 24.2. The molecule has 9 nitrogen and oxygen atoms in total. The minimum atomic E-state index is -0.741. The molecule has 0 aliphatic carbocycles. The molecule has 0 aromatic carbocycles. The summed E-state index contributed by atoms with van der Waals surface area (Å²) in [5.41, 5.74) is 0. The van der Waals surface area contributed by atoms with Crippen LogP contribution in [0.4, 0.5) is 0 Å². The van der Waals surface area contributed by atoms with Crippen molar-refractivity contribution in [3.63, 3.8) is 0 Å². The number of ether oxygens (including phenoxy) is 2. The Bertz CT molecular complexity index is 940. The number of amides is 2. The van der Waals surface area contributed by atoms with Gasteiger partial charge in [-0.25, -0.2) is 0 Å². The van der Waals surface area contributed by atoms with Crippen LogP contribution >= 0.6 is 11.8 Å². The highest BCUT2D eigenvalue weighted by Gasteiger charge is 2.74. The lowest BCUT2D eigenvalue weighted by Crippen LogP contribution is -2.59. The summed E-state index contributed by atoms with van der Waals surface area (Å²) in [5.74, 6) is -1.89. The van der Waals surface area contributed by atoms with E-state index in [2.05, 4.69) is 18.1 Å². The van der Waals surface area contributed by atoms with Crippen LogP contribution in [-0.2, 0) is 23.9 Å². The minimum absolute atomic E-state index is 0.0418. The first-order valence-corrected chi connectivity index (χ1v) is 15.8. The largest absolute Gasteiger partial charge is 0.465 e. The normalized spacial score (nSPS) is 30.4. The van der Waals surface area contributed by atoms with E-state index in [9.17, 15) is 19.5 Å². The van der Waals surface area contributed by atoms with Gasteiger partial charge in [0.2, 0.25) is 11.8 Å². The Kier molecular flexibility index (Phi) is 10.8. The van der Waals surface area contributed by atoms with E-state index in [1.807, 2.05) is 19.9 Å². The second-order valence-corrected chi connectivity index (χ2v) is 13.4. The first kappa shape index (κ1) is 31.1. The number of aliphatic hydroxyl groups is 1. The monoisotopic (exact) mass is 577 g/mol. The van der Waals surface area contributed by atoms with Crippen molar-refractivity contribution in [3.05, 3.63) is 25.3 Å². The quantitative estimate of drug-likeness (QED) is 0.180. The van der Waals surface area contributed by atoms with E-state index in [1.165, 1.54) is 0 Å². The van der Waals surface area contributed by atoms with Gasteiger partial charge in [-0.15, -0.1) is 24.9 Å². The highest BCUT2D eigenvalue weighted by molar-refractivity contribution is 8.02. The molecule has 0 aromatic heterocycles. The fourth-order valence-corrected chi connectivity index (χ4v) is 9.17. The maximum atomic E-state index is 14.5. The molecule has 2 bridgehead atoms. The van der Waals surface area contributed by atoms with Crippen molar-refractivity contribution in [1.82, 2.24) is 14.7 Å². The van der Waals surface area contributed by atoms with Crippen LogP contribution in [-0.4, -0.2) is 119 Å². The molecule has 0 radical (unpaired) electrons. The molecule has 10 heteroatoms. The highest BCUT2D eigenvalue weighted by atomic mass is 32.2. The summed E-state index contributed by atoms with van der Waals surface area (Å²) in [6, 6.07) is -1.25. The maximum absolute atomic E-state index is 14.5. The number of likely N-dealkylation sites (tertiary alicyclic amines) is 1. The van der Waals surface area contributed by atoms with Gasteiger partial charge in [-0.05, 0) is 38.0 Å². The zero-order valence-corrected chi connectivity index (χ0v) is 25.0. The standard InChI is InChI=1S/C30H47N3O6S/c1-5-7-8-9-17-39-29(37)24-23-10-11-30(40-23)25(24)27(35)33(22(20-34)21(3)4)26(30)28(36)32(12-6-2)14-13-31-15-18-38-19-16-31/h5-6,21-26,34H,1-2,7-20H2,3-4H3/t22-,23-,24+,25-,26?,30?/m0/s1. The number of allylic oxidation sites excluding steroid dienone is 1. The van der Waals surface area contributed by atoms with Crippen molar-refractivity contribution in [2.24, 2.45) is 17.8 Å². The highest BCUT2D eigenvalue weighted by Crippen LogP contribution is 2.67. The van der Waals surface area contributed by atoms with Gasteiger partial charge >= 0.3 is 5.97 Å². The third kappa shape index (κ3) is 6.01. The second kappa shape index (κ2) is 13.9. The smallest absolute Gasteiger partial charge is 0.310 e. The predicted octanol–water partition coefficient (Wildman–Crippen LogP) is 2.34. The number of carbonyl (C=O) groups is 3. The minimum Gasteiger partial charge on any atom is -0.465 e. The van der Waals surface area contributed by atoms with Crippen LogP contribution in [0.5, 0.6) is 0 Å². The van der Waals surface area contributed by atoms with E-state index in [0.717, 1.165) is 38.8 Å². The topological polar surface area (TPSA) is 99.6 Å². The first-order valence-electron chi connectivity index (χ1n) is 14.9.